The van der Waals surface area contributed by atoms with Crippen LogP contribution in [0.2, 0.25) is 0 Å². The molecule has 0 spiro atoms. The molecule has 2 unspecified atom stereocenters. The first kappa shape index (κ1) is 18.6. The third kappa shape index (κ3) is 3.96. The van der Waals surface area contributed by atoms with Crippen molar-refractivity contribution < 1.29 is 14.1 Å². The van der Waals surface area contributed by atoms with Gasteiger partial charge in [-0.05, 0) is 25.1 Å². The highest BCUT2D eigenvalue weighted by Crippen LogP contribution is 2.42. The standard InChI is InChI=1S/C20H26N3O2S/c1-13(2)20(24)25-12-23(5)15-7-9-17-19(11-15)26-18-10-14(22(3)4)6-8-16(18)21-17/h6-9,11,16,18,21H,1,10,12H2,2-5H3/q+1. The van der Waals surface area contributed by atoms with Gasteiger partial charge in [-0.15, -0.1) is 11.8 Å². The van der Waals surface area contributed by atoms with Gasteiger partial charge in [-0.3, -0.25) is 0 Å². The van der Waals surface area contributed by atoms with Crippen LogP contribution in [0, 0.1) is 0 Å². The molecule has 1 N–H and O–H groups in total. The van der Waals surface area contributed by atoms with Crippen LogP contribution in [0.15, 0.2) is 47.4 Å². The maximum atomic E-state index is 11.6. The van der Waals surface area contributed by atoms with Crippen molar-refractivity contribution >= 4 is 34.8 Å². The van der Waals surface area contributed by atoms with E-state index in [9.17, 15) is 4.79 Å². The van der Waals surface area contributed by atoms with E-state index in [-0.39, 0.29) is 12.7 Å². The van der Waals surface area contributed by atoms with E-state index in [0.717, 1.165) is 17.8 Å². The fourth-order valence-electron chi connectivity index (χ4n) is 2.99. The Morgan fingerprint density at radius 1 is 1.46 bits per heavy atom. The second-order valence-corrected chi connectivity index (χ2v) is 8.28. The van der Waals surface area contributed by atoms with Crippen LogP contribution in [0.4, 0.5) is 11.4 Å². The van der Waals surface area contributed by atoms with E-state index in [0.29, 0.717) is 16.9 Å². The zero-order valence-corrected chi connectivity index (χ0v) is 16.6. The van der Waals surface area contributed by atoms with Crippen LogP contribution < -0.4 is 10.2 Å². The van der Waals surface area contributed by atoms with Crippen molar-refractivity contribution in [2.75, 3.05) is 38.1 Å². The molecule has 6 heteroatoms. The average molecular weight is 373 g/mol. The topological polar surface area (TPSA) is 44.6 Å². The van der Waals surface area contributed by atoms with Gasteiger partial charge in [0, 0.05) is 46.6 Å². The normalized spacial score (nSPS) is 20.5. The van der Waals surface area contributed by atoms with E-state index in [1.165, 1.54) is 10.6 Å². The number of rotatable bonds is 4. The number of benzene rings is 1. The predicted octanol–water partition coefficient (Wildman–Crippen LogP) is 3.13. The van der Waals surface area contributed by atoms with E-state index >= 15 is 0 Å². The van der Waals surface area contributed by atoms with Crippen molar-refractivity contribution in [3.05, 3.63) is 42.5 Å². The summed E-state index contributed by atoms with van der Waals surface area (Å²) in [6, 6.07) is 6.66. The Balaban J connectivity index is 1.73. The van der Waals surface area contributed by atoms with Crippen molar-refractivity contribution in [1.82, 2.24) is 0 Å². The van der Waals surface area contributed by atoms with Crippen LogP contribution >= 0.6 is 11.8 Å². The summed E-state index contributed by atoms with van der Waals surface area (Å²) < 4.78 is 7.42. The molecule has 0 saturated carbocycles. The SMILES string of the molecule is C=C(C)C(=O)OCN(C)c1ccc2c(c1)SC1CC(=[N+](C)C)C=CC1N2. The van der Waals surface area contributed by atoms with E-state index < -0.39 is 0 Å². The smallest absolute Gasteiger partial charge is 0.334 e. The number of thioether (sulfide) groups is 1. The van der Waals surface area contributed by atoms with Crippen LogP contribution in [0.5, 0.6) is 0 Å². The molecule has 1 aromatic carbocycles. The molecule has 138 valence electrons. The lowest BCUT2D eigenvalue weighted by atomic mass is 9.99. The van der Waals surface area contributed by atoms with Crippen LogP contribution in [0.3, 0.4) is 0 Å². The molecule has 2 aliphatic rings. The summed E-state index contributed by atoms with van der Waals surface area (Å²) in [6.45, 7) is 5.46. The average Bonchev–Trinajstić information content (AvgIpc) is 2.62. The Bertz CT molecular complexity index is 796. The fourth-order valence-corrected chi connectivity index (χ4v) is 4.32. The van der Waals surface area contributed by atoms with E-state index in [2.05, 4.69) is 54.9 Å². The largest absolute Gasteiger partial charge is 0.441 e. The number of hydrogen-bond donors (Lipinski definition) is 1. The molecule has 0 radical (unpaired) electrons. The number of nitrogens with one attached hydrogen (secondary N) is 1. The van der Waals surface area contributed by atoms with Crippen LogP contribution in [-0.4, -0.2) is 55.4 Å². The van der Waals surface area contributed by atoms with Gasteiger partial charge in [0.15, 0.2) is 12.4 Å². The fraction of sp³-hybridized carbons (Fsp3) is 0.400. The monoisotopic (exact) mass is 372 g/mol. The van der Waals surface area contributed by atoms with Gasteiger partial charge in [-0.25, -0.2) is 9.37 Å². The van der Waals surface area contributed by atoms with Crippen molar-refractivity contribution in [2.45, 2.75) is 29.5 Å². The molecule has 26 heavy (non-hydrogen) atoms. The summed E-state index contributed by atoms with van der Waals surface area (Å²) in [5.41, 5.74) is 3.94. The molecule has 0 saturated heterocycles. The second kappa shape index (κ2) is 7.58. The number of allylic oxidation sites excluding steroid dienone is 1. The Morgan fingerprint density at radius 3 is 2.92 bits per heavy atom. The molecule has 1 aliphatic heterocycles. The highest BCUT2D eigenvalue weighted by molar-refractivity contribution is 8.00. The van der Waals surface area contributed by atoms with Crippen LogP contribution in [-0.2, 0) is 9.53 Å². The minimum atomic E-state index is -0.366. The molecule has 1 heterocycles. The van der Waals surface area contributed by atoms with Crippen molar-refractivity contribution in [3.63, 3.8) is 0 Å². The second-order valence-electron chi connectivity index (χ2n) is 7.00. The van der Waals surface area contributed by atoms with E-state index in [1.807, 2.05) is 29.8 Å². The molecule has 3 rings (SSSR count). The molecular formula is C20H26N3O2S+. The Hall–Kier alpha value is -2.21. The molecule has 1 aromatic rings. The summed E-state index contributed by atoms with van der Waals surface area (Å²) in [6.07, 6.45) is 5.52. The van der Waals surface area contributed by atoms with Crippen LogP contribution in [0.1, 0.15) is 13.3 Å². The maximum absolute atomic E-state index is 11.6. The van der Waals surface area contributed by atoms with Gasteiger partial charge in [0.05, 0.1) is 6.04 Å². The molecule has 0 aromatic heterocycles. The maximum Gasteiger partial charge on any atom is 0.334 e. The van der Waals surface area contributed by atoms with Crippen molar-refractivity contribution in [1.29, 1.82) is 0 Å². The van der Waals surface area contributed by atoms with E-state index in [4.69, 9.17) is 4.74 Å². The van der Waals surface area contributed by atoms with Crippen LogP contribution in [0.25, 0.3) is 0 Å². The number of esters is 1. The predicted molar refractivity (Wildman–Crippen MR) is 109 cm³/mol. The summed E-state index contributed by atoms with van der Waals surface area (Å²) in [5, 5.41) is 4.11. The first-order valence-corrected chi connectivity index (χ1v) is 9.55. The third-order valence-electron chi connectivity index (χ3n) is 4.63. The number of carbonyl (C=O) groups is 1. The number of ether oxygens (including phenoxy) is 1. The number of carbonyl (C=O) groups excluding carboxylic acids is 1. The lowest BCUT2D eigenvalue weighted by molar-refractivity contribution is -0.464. The zero-order chi connectivity index (χ0) is 18.8. The number of nitrogens with zero attached hydrogens (tertiary/aromatic N) is 2. The third-order valence-corrected chi connectivity index (χ3v) is 5.98. The summed E-state index contributed by atoms with van der Waals surface area (Å²) >= 11 is 1.91. The molecule has 5 nitrogen and oxygen atoms in total. The summed E-state index contributed by atoms with van der Waals surface area (Å²) in [7, 11) is 6.10. The molecule has 0 fully saturated rings. The molecule has 2 atom stereocenters. The number of hydrogen-bond acceptors (Lipinski definition) is 5. The van der Waals surface area contributed by atoms with Gasteiger partial charge in [0.2, 0.25) is 0 Å². The highest BCUT2D eigenvalue weighted by atomic mass is 32.2. The lowest BCUT2D eigenvalue weighted by Gasteiger charge is -2.34. The molecule has 0 amide bonds. The van der Waals surface area contributed by atoms with Crippen molar-refractivity contribution in [3.8, 4) is 0 Å². The van der Waals surface area contributed by atoms with Gasteiger partial charge in [0.25, 0.3) is 0 Å². The van der Waals surface area contributed by atoms with Gasteiger partial charge in [-0.2, -0.15) is 0 Å². The molecule has 0 bridgehead atoms. The first-order chi connectivity index (χ1) is 12.3. The molecule has 1 aliphatic carbocycles. The lowest BCUT2D eigenvalue weighted by Crippen LogP contribution is -2.38. The minimum absolute atomic E-state index is 0.204. The van der Waals surface area contributed by atoms with Gasteiger partial charge in [-0.1, -0.05) is 12.7 Å². The summed E-state index contributed by atoms with van der Waals surface area (Å²) in [4.78, 5) is 14.7. The molecular weight excluding hydrogens is 346 g/mol. The van der Waals surface area contributed by atoms with Gasteiger partial charge in [0.1, 0.15) is 14.1 Å². The zero-order valence-electron chi connectivity index (χ0n) is 15.8. The Kier molecular flexibility index (Phi) is 5.41. The number of fused-ring (bicyclic) bond motifs is 2. The minimum Gasteiger partial charge on any atom is -0.441 e. The van der Waals surface area contributed by atoms with E-state index in [1.54, 1.807) is 6.92 Å². The van der Waals surface area contributed by atoms with Gasteiger partial charge >= 0.3 is 5.97 Å². The quantitative estimate of drug-likeness (QED) is 0.381. The number of anilines is 2. The highest BCUT2D eigenvalue weighted by Gasteiger charge is 2.32. The van der Waals surface area contributed by atoms with Crippen molar-refractivity contribution in [2.24, 2.45) is 0 Å². The first-order valence-electron chi connectivity index (χ1n) is 8.67. The van der Waals surface area contributed by atoms with Gasteiger partial charge < -0.3 is 15.0 Å². The Labute approximate surface area is 159 Å². The Morgan fingerprint density at radius 2 is 2.23 bits per heavy atom. The summed E-state index contributed by atoms with van der Waals surface area (Å²) in [5.74, 6) is -0.366.